The van der Waals surface area contributed by atoms with Crippen LogP contribution in [-0.2, 0) is 43.2 Å². The maximum atomic E-state index is 11.4. The molecule has 1 atom stereocenters. The Morgan fingerprint density at radius 1 is 0.603 bits per heavy atom. The SMILES string of the molecule is CCC(C)c1ccccc1.CCCO[Si](CC)(CC)CC.CC[SiH](CC)CC.CCc1ccc(CO[Si](CC)(CC)CC)cc1.COCCOC(=O)c1ccc(C(C)=O)cc1.P=S. The first-order valence-electron chi connectivity index (χ1n) is 24.2. The van der Waals surface area contributed by atoms with Crippen molar-refractivity contribution in [2.75, 3.05) is 26.9 Å². The molecule has 6 nitrogen and oxygen atoms in total. The van der Waals surface area contributed by atoms with E-state index in [-0.39, 0.29) is 21.2 Å². The van der Waals surface area contributed by atoms with Crippen molar-refractivity contribution in [1.29, 1.82) is 0 Å². The lowest BCUT2D eigenvalue weighted by Crippen LogP contribution is -2.35. The molecule has 0 heterocycles. The number of Topliss-reactive ketones (excluding diaryl/α,β-unsaturated/α-hetero) is 1. The molecule has 0 saturated heterocycles. The van der Waals surface area contributed by atoms with Gasteiger partial charge in [-0.2, -0.15) is 0 Å². The Hall–Kier alpha value is -2.15. The molecule has 0 aromatic heterocycles. The first-order chi connectivity index (χ1) is 30.3. The zero-order chi connectivity index (χ0) is 48.5. The van der Waals surface area contributed by atoms with Gasteiger partial charge in [-0.3, -0.25) is 4.79 Å². The Kier molecular flexibility index (Phi) is 43.9. The first kappa shape index (κ1) is 65.1. The normalized spacial score (nSPS) is 11.0. The molecule has 0 aliphatic carbocycles. The van der Waals surface area contributed by atoms with Crippen LogP contribution in [0.2, 0.25) is 54.4 Å². The number of methoxy groups -OCH3 is 1. The Labute approximate surface area is 399 Å². The summed E-state index contributed by atoms with van der Waals surface area (Å²) in [6.45, 7) is 33.3. The molecule has 11 heteroatoms. The molecule has 1 unspecified atom stereocenters. The summed E-state index contributed by atoms with van der Waals surface area (Å²) in [4.78, 5) is 22.4. The molecule has 0 aliphatic heterocycles. The van der Waals surface area contributed by atoms with Crippen LogP contribution in [0.25, 0.3) is 0 Å². The van der Waals surface area contributed by atoms with E-state index >= 15 is 0 Å². The van der Waals surface area contributed by atoms with E-state index in [1.165, 1.54) is 91.5 Å². The number of esters is 1. The Balaban J connectivity index is -0.000000729. The van der Waals surface area contributed by atoms with E-state index in [2.05, 4.69) is 164 Å². The Bertz CT molecular complexity index is 1460. The summed E-state index contributed by atoms with van der Waals surface area (Å²) in [5, 5.41) is 0. The number of rotatable bonds is 23. The molecule has 3 rings (SSSR count). The zero-order valence-corrected chi connectivity index (χ0v) is 47.8. The minimum atomic E-state index is -1.42. The molecule has 3 aromatic carbocycles. The molecule has 0 aliphatic rings. The number of hydrogen-bond donors (Lipinski definition) is 0. The topological polar surface area (TPSA) is 71.1 Å². The molecule has 360 valence electrons. The maximum absolute atomic E-state index is 11.4. The van der Waals surface area contributed by atoms with E-state index in [4.69, 9.17) is 18.3 Å². The third-order valence-corrected chi connectivity index (χ3v) is 25.0. The quantitative estimate of drug-likeness (QED) is 0.0308. The fraction of sp³-hybridized carbons (Fsp3) is 0.615. The van der Waals surface area contributed by atoms with Crippen LogP contribution in [0.4, 0.5) is 0 Å². The highest BCUT2D eigenvalue weighted by Crippen LogP contribution is 2.24. The molecule has 63 heavy (non-hydrogen) atoms. The number of hydrogen-bond acceptors (Lipinski definition) is 7. The Morgan fingerprint density at radius 2 is 1.05 bits per heavy atom. The maximum Gasteiger partial charge on any atom is 0.338 e. The van der Waals surface area contributed by atoms with Crippen LogP contribution < -0.4 is 0 Å². The van der Waals surface area contributed by atoms with E-state index < -0.39 is 22.6 Å². The standard InChI is InChI=1S/C15H26OSi.C12H14O4.C10H14.C9H22OSi.C6H16Si.HPS/c1-5-14-9-11-15(12-10-14)13-16-17(6-2,7-3)8-4;1-9(13)10-3-5-11(6-4-10)12(14)16-8-7-15-2;1-3-9(2)10-7-5-4-6-8-10;1-5-9-10-11(6-2,7-3)8-4;1-4-7(5-2)6-3;1-2/h9-12H,5-8,13H2,1-4H3;3-6H,7-8H2,1-2H3;4-9H,3H2,1-2H3;5-9H2,1-4H3;7H,4-6H2,1-3H3;1H. The summed E-state index contributed by atoms with van der Waals surface area (Å²) >= 11 is 3.89. The van der Waals surface area contributed by atoms with Crippen LogP contribution in [-0.4, -0.2) is 64.1 Å². The van der Waals surface area contributed by atoms with Gasteiger partial charge in [-0.15, -0.1) is 0 Å². The molecule has 0 radical (unpaired) electrons. The average molecular weight is 962 g/mol. The predicted molar refractivity (Wildman–Crippen MR) is 289 cm³/mol. The Morgan fingerprint density at radius 3 is 1.41 bits per heavy atom. The fourth-order valence-electron chi connectivity index (χ4n) is 6.56. The smallest absolute Gasteiger partial charge is 0.338 e. The van der Waals surface area contributed by atoms with Crippen molar-refractivity contribution < 1.29 is 27.9 Å². The lowest BCUT2D eigenvalue weighted by molar-refractivity contribution is 0.0388. The van der Waals surface area contributed by atoms with Crippen molar-refractivity contribution in [2.24, 2.45) is 0 Å². The van der Waals surface area contributed by atoms with Gasteiger partial charge in [-0.25, -0.2) is 4.79 Å². The van der Waals surface area contributed by atoms with Crippen LogP contribution in [0.1, 0.15) is 153 Å². The number of ether oxygens (including phenoxy) is 2. The third-order valence-electron chi connectivity index (χ3n) is 12.2. The highest BCUT2D eigenvalue weighted by Gasteiger charge is 2.29. The molecule has 0 N–H and O–H groups in total. The van der Waals surface area contributed by atoms with Crippen LogP contribution in [0.5, 0.6) is 0 Å². The second-order valence-electron chi connectivity index (χ2n) is 15.9. The molecular weight excluding hydrogens is 868 g/mol. The van der Waals surface area contributed by atoms with Crippen LogP contribution in [0.15, 0.2) is 78.9 Å². The van der Waals surface area contributed by atoms with Gasteiger partial charge in [0, 0.05) is 28.1 Å². The highest BCUT2D eigenvalue weighted by atomic mass is 32.4. The van der Waals surface area contributed by atoms with E-state index in [0.29, 0.717) is 23.7 Å². The molecule has 0 spiro atoms. The molecule has 3 aromatic rings. The summed E-state index contributed by atoms with van der Waals surface area (Å²) in [6.07, 6.45) is 3.50. The predicted octanol–water partition coefficient (Wildman–Crippen LogP) is 15.9. The fourth-order valence-corrected chi connectivity index (χ4v) is 13.6. The monoisotopic (exact) mass is 961 g/mol. The summed E-state index contributed by atoms with van der Waals surface area (Å²) in [6, 6.07) is 37.8. The van der Waals surface area contributed by atoms with Crippen LogP contribution in [0.3, 0.4) is 0 Å². The minimum absolute atomic E-state index is 0.0284. The van der Waals surface area contributed by atoms with Gasteiger partial charge in [0.05, 0.1) is 18.8 Å². The van der Waals surface area contributed by atoms with Crippen molar-refractivity contribution in [3.63, 3.8) is 0 Å². The van der Waals surface area contributed by atoms with Gasteiger partial charge in [0.1, 0.15) is 6.61 Å². The zero-order valence-electron chi connectivity index (χ0n) is 42.8. The van der Waals surface area contributed by atoms with Crippen molar-refractivity contribution >= 4 is 57.0 Å². The lowest BCUT2D eigenvalue weighted by atomic mass is 9.99. The van der Waals surface area contributed by atoms with Gasteiger partial charge in [0.25, 0.3) is 0 Å². The molecule has 0 saturated carbocycles. The molecule has 0 bridgehead atoms. The van der Waals surface area contributed by atoms with E-state index in [0.717, 1.165) is 26.1 Å². The van der Waals surface area contributed by atoms with Gasteiger partial charge in [0.15, 0.2) is 22.4 Å². The van der Waals surface area contributed by atoms with Gasteiger partial charge in [0.2, 0.25) is 0 Å². The van der Waals surface area contributed by atoms with Crippen molar-refractivity contribution in [1.82, 2.24) is 0 Å². The minimum Gasteiger partial charge on any atom is -0.460 e. The second kappa shape index (κ2) is 42.5. The highest BCUT2D eigenvalue weighted by molar-refractivity contribution is 7.88. The second-order valence-corrected chi connectivity index (χ2v) is 29.6. The number of aryl methyl sites for hydroxylation is 1. The van der Waals surface area contributed by atoms with Crippen molar-refractivity contribution in [3.05, 3.63) is 107 Å². The number of ketones is 1. The van der Waals surface area contributed by atoms with Gasteiger partial charge in [-0.05, 0) is 105 Å². The van der Waals surface area contributed by atoms with Crippen LogP contribution in [0, 0.1) is 0 Å². The summed E-state index contributed by atoms with van der Waals surface area (Å²) in [5.74, 6) is 0.271. The number of carbonyl (C=O) groups is 2. The average Bonchev–Trinajstić information content (AvgIpc) is 3.35. The largest absolute Gasteiger partial charge is 0.460 e. The molecule has 0 fully saturated rings. The van der Waals surface area contributed by atoms with Gasteiger partial charge in [-0.1, -0.05) is 187 Å². The van der Waals surface area contributed by atoms with Gasteiger partial charge < -0.3 is 18.3 Å². The van der Waals surface area contributed by atoms with E-state index in [9.17, 15) is 9.59 Å². The van der Waals surface area contributed by atoms with E-state index in [1.54, 1.807) is 24.3 Å². The number of benzene rings is 3. The van der Waals surface area contributed by atoms with Gasteiger partial charge >= 0.3 is 5.97 Å². The third kappa shape index (κ3) is 29.9. The van der Waals surface area contributed by atoms with Crippen LogP contribution >= 0.6 is 8.02 Å². The summed E-state index contributed by atoms with van der Waals surface area (Å²) in [7, 11) is 1.26. The van der Waals surface area contributed by atoms with Crippen molar-refractivity contribution in [2.45, 2.75) is 183 Å². The lowest BCUT2D eigenvalue weighted by Gasteiger charge is -2.28. The summed E-state index contributed by atoms with van der Waals surface area (Å²) in [5.41, 5.74) is 5.17. The van der Waals surface area contributed by atoms with E-state index in [1.807, 2.05) is 0 Å². The van der Waals surface area contributed by atoms with Crippen molar-refractivity contribution in [3.8, 4) is 0 Å². The number of carbonyl (C=O) groups excluding carboxylic acids is 2. The first-order valence-corrected chi connectivity index (χ1v) is 33.3. The molecule has 0 amide bonds. The molecular formula is C52H93O6PSSi3. The summed E-state index contributed by atoms with van der Waals surface area (Å²) < 4.78 is 21.9.